The molecule has 36 heavy (non-hydrogen) atoms. The number of rotatable bonds is 8. The highest BCUT2D eigenvalue weighted by atomic mass is 32.2. The van der Waals surface area contributed by atoms with Crippen molar-refractivity contribution in [1.29, 1.82) is 0 Å². The average molecular weight is 517 g/mol. The lowest BCUT2D eigenvalue weighted by atomic mass is 9.84. The normalized spacial score (nSPS) is 20.9. The Hall–Kier alpha value is -3.12. The van der Waals surface area contributed by atoms with Gasteiger partial charge < -0.3 is 10.6 Å². The minimum Gasteiger partial charge on any atom is -0.344 e. The largest absolute Gasteiger partial charge is 0.344 e. The number of H-pyrrole nitrogens is 1. The molecular weight excluding hydrogens is 484 g/mol. The fourth-order valence-corrected chi connectivity index (χ4v) is 6.24. The molecule has 2 atom stereocenters. The number of pyridine rings is 1. The molecule has 2 aliphatic rings. The van der Waals surface area contributed by atoms with Crippen LogP contribution in [-0.2, 0) is 19.6 Å². The second-order valence-corrected chi connectivity index (χ2v) is 11.3. The van der Waals surface area contributed by atoms with Gasteiger partial charge in [0, 0.05) is 18.9 Å². The van der Waals surface area contributed by atoms with Crippen molar-refractivity contribution >= 4 is 27.6 Å². The molecule has 11 nitrogen and oxygen atoms in total. The molecule has 2 aromatic heterocycles. The second-order valence-electron chi connectivity index (χ2n) is 9.41. The smallest absolute Gasteiger partial charge is 0.269 e. The van der Waals surface area contributed by atoms with Crippen LogP contribution in [0.25, 0.3) is 0 Å². The predicted molar refractivity (Wildman–Crippen MR) is 130 cm³/mol. The average Bonchev–Trinajstić information content (AvgIpc) is 3.36. The minimum absolute atomic E-state index is 0.116. The number of hydrogen-bond acceptors (Lipinski definition) is 7. The van der Waals surface area contributed by atoms with E-state index in [1.54, 1.807) is 12.1 Å². The van der Waals surface area contributed by atoms with Crippen LogP contribution in [0.5, 0.6) is 0 Å². The molecular formula is C24H32N6O5S. The first-order valence-electron chi connectivity index (χ1n) is 12.4. The van der Waals surface area contributed by atoms with Gasteiger partial charge in [-0.15, -0.1) is 0 Å². The summed E-state index contributed by atoms with van der Waals surface area (Å²) in [6, 6.07) is 4.46. The van der Waals surface area contributed by atoms with E-state index in [1.165, 1.54) is 30.9 Å². The Morgan fingerprint density at radius 2 is 1.89 bits per heavy atom. The maximum Gasteiger partial charge on any atom is 0.269 e. The van der Waals surface area contributed by atoms with E-state index in [2.05, 4.69) is 25.8 Å². The number of nitrogens with zero attached hydrogens (tertiary/aromatic N) is 3. The number of amides is 2. The molecule has 2 amide bonds. The Labute approximate surface area is 210 Å². The third-order valence-corrected chi connectivity index (χ3v) is 8.60. The summed E-state index contributed by atoms with van der Waals surface area (Å²) in [4.78, 5) is 42.9. The molecule has 1 aliphatic heterocycles. The summed E-state index contributed by atoms with van der Waals surface area (Å²) in [5.41, 5.74) is 0.248. The lowest BCUT2D eigenvalue weighted by molar-refractivity contribution is -0.129. The number of sulfonamides is 1. The van der Waals surface area contributed by atoms with E-state index >= 15 is 0 Å². The van der Waals surface area contributed by atoms with E-state index in [1.807, 2.05) is 0 Å². The Bertz CT molecular complexity index is 1150. The van der Waals surface area contributed by atoms with Crippen LogP contribution in [0.1, 0.15) is 61.9 Å². The van der Waals surface area contributed by atoms with Crippen LogP contribution in [0.3, 0.4) is 0 Å². The van der Waals surface area contributed by atoms with Crippen molar-refractivity contribution in [2.24, 2.45) is 5.92 Å². The van der Waals surface area contributed by atoms with Gasteiger partial charge in [0.15, 0.2) is 10.8 Å². The van der Waals surface area contributed by atoms with E-state index in [-0.39, 0.29) is 23.8 Å². The molecule has 2 fully saturated rings. The van der Waals surface area contributed by atoms with Crippen molar-refractivity contribution in [2.45, 2.75) is 68.5 Å². The Morgan fingerprint density at radius 3 is 2.58 bits per heavy atom. The molecule has 1 saturated heterocycles. The number of hydrogen-bond donors (Lipinski definition) is 3. The van der Waals surface area contributed by atoms with Crippen molar-refractivity contribution < 1.29 is 22.8 Å². The third-order valence-electron chi connectivity index (χ3n) is 6.84. The Balaban J connectivity index is 1.43. The van der Waals surface area contributed by atoms with Crippen molar-refractivity contribution in [3.8, 4) is 0 Å². The van der Waals surface area contributed by atoms with Crippen molar-refractivity contribution in [1.82, 2.24) is 30.1 Å². The summed E-state index contributed by atoms with van der Waals surface area (Å²) in [7, 11) is -3.92. The van der Waals surface area contributed by atoms with Crippen LogP contribution < -0.4 is 10.6 Å². The van der Waals surface area contributed by atoms with Crippen LogP contribution in [-0.4, -0.2) is 70.7 Å². The molecule has 1 aliphatic carbocycles. The maximum absolute atomic E-state index is 13.3. The molecule has 1 saturated carbocycles. The van der Waals surface area contributed by atoms with Gasteiger partial charge in [0.1, 0.15) is 11.7 Å². The lowest BCUT2D eigenvalue weighted by Gasteiger charge is -2.27. The molecule has 4 rings (SSSR count). The predicted octanol–water partition coefficient (Wildman–Crippen LogP) is 1.41. The van der Waals surface area contributed by atoms with Crippen LogP contribution in [0.15, 0.2) is 41.7 Å². The topological polar surface area (TPSA) is 154 Å². The number of nitrogens with one attached hydrogen (secondary N) is 3. The summed E-state index contributed by atoms with van der Waals surface area (Å²) in [5.74, 6) is -0.965. The molecule has 0 radical (unpaired) electrons. The van der Waals surface area contributed by atoms with Crippen LogP contribution in [0.2, 0.25) is 0 Å². The number of aromatic amines is 1. The zero-order chi connectivity index (χ0) is 25.5. The van der Waals surface area contributed by atoms with Crippen molar-refractivity contribution in [3.63, 3.8) is 0 Å². The number of aromatic nitrogens is 3. The van der Waals surface area contributed by atoms with Crippen LogP contribution >= 0.6 is 0 Å². The third kappa shape index (κ3) is 6.35. The number of ketones is 1. The molecule has 3 N–H and O–H groups in total. The molecule has 2 aromatic rings. The quantitative estimate of drug-likeness (QED) is 0.479. The van der Waals surface area contributed by atoms with E-state index < -0.39 is 39.7 Å². The summed E-state index contributed by atoms with van der Waals surface area (Å²) in [6.45, 7) is -0.198. The molecule has 194 valence electrons. The van der Waals surface area contributed by atoms with Gasteiger partial charge in [-0.25, -0.2) is 13.4 Å². The molecule has 12 heteroatoms. The highest BCUT2D eigenvalue weighted by Gasteiger charge is 2.35. The summed E-state index contributed by atoms with van der Waals surface area (Å²) >= 11 is 0. The van der Waals surface area contributed by atoms with Crippen LogP contribution in [0.4, 0.5) is 0 Å². The van der Waals surface area contributed by atoms with Crippen molar-refractivity contribution in [3.05, 3.63) is 42.4 Å². The molecule has 0 spiro atoms. The van der Waals surface area contributed by atoms with E-state index in [0.29, 0.717) is 25.2 Å². The van der Waals surface area contributed by atoms with Gasteiger partial charge in [-0.05, 0) is 43.4 Å². The summed E-state index contributed by atoms with van der Waals surface area (Å²) in [5, 5.41) is 11.9. The second kappa shape index (κ2) is 11.7. The van der Waals surface area contributed by atoms with E-state index in [9.17, 15) is 22.8 Å². The number of Topliss-reactive ketones (excluding diaryl/α,β-unsaturated/α-hetero) is 1. The Morgan fingerprint density at radius 1 is 1.08 bits per heavy atom. The van der Waals surface area contributed by atoms with Gasteiger partial charge in [0.05, 0.1) is 12.6 Å². The maximum atomic E-state index is 13.3. The van der Waals surface area contributed by atoms with Gasteiger partial charge in [-0.3, -0.25) is 19.5 Å². The van der Waals surface area contributed by atoms with Crippen molar-refractivity contribution in [2.75, 3.05) is 13.1 Å². The van der Waals surface area contributed by atoms with Gasteiger partial charge >= 0.3 is 0 Å². The first kappa shape index (κ1) is 26.0. The standard InChI is InChI=1S/C24H32N6O5S/c31-21-16-30(36(34,35)22-10-4-5-12-25-22)14-6-9-18(21)27-24(33)20(15-17-7-2-1-3-8-17)28-23(32)19-11-13-26-29-19/h4-5,10-13,17-18,20H,1-3,6-9,14-16H2,(H,26,29)(H,27,33)(H,28,32)/t18-,20-/m0/s1. The highest BCUT2D eigenvalue weighted by Crippen LogP contribution is 2.27. The molecule has 0 unspecified atom stereocenters. The SMILES string of the molecule is O=C(N[C@@H](CC1CCCCC1)C(=O)N[C@H]1CCCN(S(=O)(=O)c2ccccn2)CC1=O)c1ccn[nH]1. The minimum atomic E-state index is -3.92. The monoisotopic (exact) mass is 516 g/mol. The Kier molecular flexibility index (Phi) is 8.47. The molecule has 0 aromatic carbocycles. The molecule has 3 heterocycles. The first-order valence-corrected chi connectivity index (χ1v) is 13.8. The van der Waals surface area contributed by atoms with E-state index in [0.717, 1.165) is 30.0 Å². The first-order chi connectivity index (χ1) is 17.3. The zero-order valence-corrected chi connectivity index (χ0v) is 20.9. The fraction of sp³-hybridized carbons (Fsp3) is 0.542. The van der Waals surface area contributed by atoms with Gasteiger partial charge in [0.25, 0.3) is 15.9 Å². The number of carbonyl (C=O) groups is 3. The fourth-order valence-electron chi connectivity index (χ4n) is 4.86. The highest BCUT2D eigenvalue weighted by molar-refractivity contribution is 7.89. The van der Waals surface area contributed by atoms with Crippen LogP contribution in [0, 0.1) is 5.92 Å². The van der Waals surface area contributed by atoms with E-state index in [4.69, 9.17) is 0 Å². The lowest BCUT2D eigenvalue weighted by Crippen LogP contribution is -2.53. The zero-order valence-electron chi connectivity index (χ0n) is 20.1. The van der Waals surface area contributed by atoms with Gasteiger partial charge in [-0.2, -0.15) is 9.40 Å². The van der Waals surface area contributed by atoms with Gasteiger partial charge in [0.2, 0.25) is 5.91 Å². The van der Waals surface area contributed by atoms with Gasteiger partial charge in [-0.1, -0.05) is 38.2 Å². The summed E-state index contributed by atoms with van der Waals surface area (Å²) in [6.07, 6.45) is 9.37. The number of carbonyl (C=O) groups excluding carboxylic acids is 3. The molecule has 0 bridgehead atoms. The summed E-state index contributed by atoms with van der Waals surface area (Å²) < 4.78 is 27.0.